The standard InChI is InChI=1S/C29H50O4/c1-19(17-30)7-6-8-20(2)23-9-10-24-22-16-27(31)26-15-21(33-18-32-5)11-13-29(26,4)25(22)12-14-28(23,24)3/h16,19-21,23-27,30-31H,6-15,17-18H2,1-5H3/t19?,20-,21?,23-,24+,25+,26?,27?,28-,29-/m1/s1. The molecule has 0 aromatic carbocycles. The van der Waals surface area contributed by atoms with E-state index in [1.54, 1.807) is 12.7 Å². The van der Waals surface area contributed by atoms with E-state index in [1.807, 2.05) is 0 Å². The number of ether oxygens (including phenoxy) is 2. The molecule has 0 spiro atoms. The highest BCUT2D eigenvalue weighted by molar-refractivity contribution is 5.29. The average molecular weight is 463 g/mol. The van der Waals surface area contributed by atoms with Gasteiger partial charge in [0.1, 0.15) is 6.79 Å². The van der Waals surface area contributed by atoms with Gasteiger partial charge < -0.3 is 19.7 Å². The van der Waals surface area contributed by atoms with Gasteiger partial charge in [0.2, 0.25) is 0 Å². The first kappa shape index (κ1) is 25.7. The van der Waals surface area contributed by atoms with Crippen LogP contribution in [0.2, 0.25) is 0 Å². The Hall–Kier alpha value is -0.420. The van der Waals surface area contributed by atoms with E-state index in [1.165, 1.54) is 38.5 Å². The molecule has 3 fully saturated rings. The molecule has 33 heavy (non-hydrogen) atoms. The van der Waals surface area contributed by atoms with E-state index < -0.39 is 0 Å². The van der Waals surface area contributed by atoms with Crippen LogP contribution in [0.4, 0.5) is 0 Å². The van der Waals surface area contributed by atoms with E-state index in [2.05, 4.69) is 33.8 Å². The Balaban J connectivity index is 1.47. The fourth-order valence-electron chi connectivity index (χ4n) is 8.91. The van der Waals surface area contributed by atoms with Gasteiger partial charge in [0.05, 0.1) is 12.2 Å². The van der Waals surface area contributed by atoms with Gasteiger partial charge in [-0.15, -0.1) is 0 Å². The summed E-state index contributed by atoms with van der Waals surface area (Å²) in [5.74, 6) is 3.54. The number of hydrogen-bond acceptors (Lipinski definition) is 4. The van der Waals surface area contributed by atoms with E-state index in [0.29, 0.717) is 42.5 Å². The summed E-state index contributed by atoms with van der Waals surface area (Å²) in [6, 6.07) is 0. The van der Waals surface area contributed by atoms with Crippen molar-refractivity contribution in [2.24, 2.45) is 46.3 Å². The molecule has 0 aromatic heterocycles. The lowest BCUT2D eigenvalue weighted by Gasteiger charge is -2.59. The number of allylic oxidation sites excluding steroid dienone is 1. The van der Waals surface area contributed by atoms with E-state index in [0.717, 1.165) is 37.5 Å². The van der Waals surface area contributed by atoms with Crippen molar-refractivity contribution in [3.05, 3.63) is 11.6 Å². The van der Waals surface area contributed by atoms with Gasteiger partial charge >= 0.3 is 0 Å². The molecule has 0 heterocycles. The van der Waals surface area contributed by atoms with Crippen molar-refractivity contribution in [3.8, 4) is 0 Å². The lowest BCUT2D eigenvalue weighted by molar-refractivity contribution is -0.133. The highest BCUT2D eigenvalue weighted by Crippen LogP contribution is 2.67. The highest BCUT2D eigenvalue weighted by atomic mass is 16.7. The SMILES string of the molecule is COCOC1CC[C@@]2(C)C(C1)C(O)C=C1[C@@H]3CC[C@H]([C@H](C)CCCC(C)CO)[C@@]3(C)CC[C@@H]12. The van der Waals surface area contributed by atoms with Crippen molar-refractivity contribution >= 4 is 0 Å². The van der Waals surface area contributed by atoms with Crippen molar-refractivity contribution in [2.75, 3.05) is 20.5 Å². The summed E-state index contributed by atoms with van der Waals surface area (Å²) in [5, 5.41) is 20.7. The maximum Gasteiger partial charge on any atom is 0.146 e. The van der Waals surface area contributed by atoms with E-state index in [-0.39, 0.29) is 17.6 Å². The second-order valence-electron chi connectivity index (χ2n) is 12.8. The van der Waals surface area contributed by atoms with Crippen LogP contribution >= 0.6 is 0 Å². The molecule has 0 radical (unpaired) electrons. The molecule has 4 unspecified atom stereocenters. The summed E-state index contributed by atoms with van der Waals surface area (Å²) in [5.41, 5.74) is 2.20. The van der Waals surface area contributed by atoms with Crippen molar-refractivity contribution < 1.29 is 19.7 Å². The Morgan fingerprint density at radius 3 is 2.48 bits per heavy atom. The Kier molecular flexibility index (Phi) is 8.00. The van der Waals surface area contributed by atoms with Crippen LogP contribution < -0.4 is 0 Å². The molecule has 0 amide bonds. The summed E-state index contributed by atoms with van der Waals surface area (Å²) in [4.78, 5) is 0. The van der Waals surface area contributed by atoms with Crippen molar-refractivity contribution in [3.63, 3.8) is 0 Å². The zero-order valence-electron chi connectivity index (χ0n) is 21.9. The minimum absolute atomic E-state index is 0.196. The average Bonchev–Trinajstić information content (AvgIpc) is 3.15. The Labute approximate surface area is 202 Å². The third-order valence-electron chi connectivity index (χ3n) is 10.9. The van der Waals surface area contributed by atoms with E-state index in [4.69, 9.17) is 9.47 Å². The molecule has 4 heteroatoms. The second kappa shape index (κ2) is 10.3. The minimum atomic E-state index is -0.339. The molecular weight excluding hydrogens is 412 g/mol. The molecule has 4 nitrogen and oxygen atoms in total. The van der Waals surface area contributed by atoms with Gasteiger partial charge in [-0.1, -0.05) is 52.2 Å². The van der Waals surface area contributed by atoms with Crippen LogP contribution in [0.25, 0.3) is 0 Å². The van der Waals surface area contributed by atoms with Crippen LogP contribution in [0.15, 0.2) is 11.6 Å². The number of rotatable bonds is 9. The molecule has 10 atom stereocenters. The van der Waals surface area contributed by atoms with Gasteiger partial charge in [-0.2, -0.15) is 0 Å². The van der Waals surface area contributed by atoms with Gasteiger partial charge in [0.25, 0.3) is 0 Å². The monoisotopic (exact) mass is 462 g/mol. The van der Waals surface area contributed by atoms with Gasteiger partial charge in [0, 0.05) is 13.7 Å². The molecular formula is C29H50O4. The molecule has 4 aliphatic rings. The van der Waals surface area contributed by atoms with Crippen molar-refractivity contribution in [1.82, 2.24) is 0 Å². The Bertz CT molecular complexity index is 691. The Morgan fingerprint density at radius 2 is 1.76 bits per heavy atom. The third-order valence-corrected chi connectivity index (χ3v) is 10.9. The van der Waals surface area contributed by atoms with Crippen LogP contribution in [0.5, 0.6) is 0 Å². The van der Waals surface area contributed by atoms with Gasteiger partial charge in [-0.05, 0) is 97.7 Å². The summed E-state index contributed by atoms with van der Waals surface area (Å²) in [6.45, 7) is 10.4. The Morgan fingerprint density at radius 1 is 1.03 bits per heavy atom. The van der Waals surface area contributed by atoms with Crippen LogP contribution in [0.1, 0.15) is 91.9 Å². The normalized spacial score (nSPS) is 44.4. The minimum Gasteiger partial charge on any atom is -0.396 e. The predicted molar refractivity (Wildman–Crippen MR) is 133 cm³/mol. The molecule has 0 aromatic rings. The third kappa shape index (κ3) is 4.71. The molecule has 2 N–H and O–H groups in total. The van der Waals surface area contributed by atoms with Crippen molar-refractivity contribution in [1.29, 1.82) is 0 Å². The largest absolute Gasteiger partial charge is 0.396 e. The fraction of sp³-hybridized carbons (Fsp3) is 0.931. The summed E-state index contributed by atoms with van der Waals surface area (Å²) < 4.78 is 11.1. The van der Waals surface area contributed by atoms with Gasteiger partial charge in [-0.25, -0.2) is 0 Å². The first-order valence-electron chi connectivity index (χ1n) is 13.9. The fourth-order valence-corrected chi connectivity index (χ4v) is 8.91. The smallest absolute Gasteiger partial charge is 0.146 e. The highest BCUT2D eigenvalue weighted by Gasteiger charge is 2.59. The maximum atomic E-state index is 11.3. The molecule has 4 aliphatic carbocycles. The van der Waals surface area contributed by atoms with Gasteiger partial charge in [0.15, 0.2) is 0 Å². The van der Waals surface area contributed by atoms with Crippen LogP contribution in [0.3, 0.4) is 0 Å². The number of hydrogen-bond donors (Lipinski definition) is 2. The van der Waals surface area contributed by atoms with Crippen LogP contribution in [-0.4, -0.2) is 42.9 Å². The summed E-state index contributed by atoms with van der Waals surface area (Å²) >= 11 is 0. The molecule has 0 saturated heterocycles. The zero-order chi connectivity index (χ0) is 23.8. The van der Waals surface area contributed by atoms with Crippen LogP contribution in [0, 0.1) is 46.3 Å². The lowest BCUT2D eigenvalue weighted by Crippen LogP contribution is -2.54. The topological polar surface area (TPSA) is 58.9 Å². The predicted octanol–water partition coefficient (Wildman–Crippen LogP) is 5.96. The van der Waals surface area contributed by atoms with Crippen LogP contribution in [-0.2, 0) is 9.47 Å². The molecule has 4 rings (SSSR count). The first-order chi connectivity index (χ1) is 15.7. The van der Waals surface area contributed by atoms with E-state index >= 15 is 0 Å². The quantitative estimate of drug-likeness (QED) is 0.328. The maximum absolute atomic E-state index is 11.3. The molecule has 0 aliphatic heterocycles. The van der Waals surface area contributed by atoms with Gasteiger partial charge in [-0.3, -0.25) is 0 Å². The summed E-state index contributed by atoms with van der Waals surface area (Å²) in [6.07, 6.45) is 14.3. The molecule has 3 saturated carbocycles. The second-order valence-corrected chi connectivity index (χ2v) is 12.8. The number of aliphatic hydroxyl groups excluding tert-OH is 2. The number of aliphatic hydroxyl groups is 2. The number of fused-ring (bicyclic) bond motifs is 5. The number of methoxy groups -OCH3 is 1. The molecule has 190 valence electrons. The van der Waals surface area contributed by atoms with Crippen molar-refractivity contribution in [2.45, 2.75) is 104 Å². The first-order valence-corrected chi connectivity index (χ1v) is 13.9. The van der Waals surface area contributed by atoms with E-state index in [9.17, 15) is 10.2 Å². The zero-order valence-corrected chi connectivity index (χ0v) is 21.9. The summed E-state index contributed by atoms with van der Waals surface area (Å²) in [7, 11) is 1.68. The lowest BCUT2D eigenvalue weighted by atomic mass is 9.47. The molecule has 0 bridgehead atoms.